The lowest BCUT2D eigenvalue weighted by molar-refractivity contribution is 0.102. The summed E-state index contributed by atoms with van der Waals surface area (Å²) in [6.45, 7) is 6.03. The Balaban J connectivity index is 1.58. The maximum Gasteiger partial charge on any atom is 0.260 e. The molecule has 1 N–H and O–H groups in total. The standard InChI is InChI=1S/C23H21Cl2N5O/c1-14-12-21(28-29(14)13-18-19(24)10-7-11-20(18)25)26-23(31)22-15(2)27-30(16(22)3)17-8-5-4-6-9-17/h4-12H,13H2,1-3H3,(H,26,28,31). The number of amides is 1. The van der Waals surface area contributed by atoms with Crippen molar-refractivity contribution in [2.45, 2.75) is 27.3 Å². The highest BCUT2D eigenvalue weighted by Gasteiger charge is 2.21. The van der Waals surface area contributed by atoms with Crippen LogP contribution >= 0.6 is 23.2 Å². The van der Waals surface area contributed by atoms with Crippen LogP contribution in [0.15, 0.2) is 54.6 Å². The van der Waals surface area contributed by atoms with E-state index in [4.69, 9.17) is 23.2 Å². The van der Waals surface area contributed by atoms with Crippen molar-refractivity contribution in [1.29, 1.82) is 0 Å². The molecule has 0 atom stereocenters. The monoisotopic (exact) mass is 453 g/mol. The third kappa shape index (κ3) is 4.22. The average molecular weight is 454 g/mol. The zero-order valence-electron chi connectivity index (χ0n) is 17.4. The Bertz CT molecular complexity index is 1240. The topological polar surface area (TPSA) is 64.7 Å². The minimum atomic E-state index is -0.252. The Morgan fingerprint density at radius 3 is 2.32 bits per heavy atom. The summed E-state index contributed by atoms with van der Waals surface area (Å²) in [4.78, 5) is 13.0. The van der Waals surface area contributed by atoms with Crippen molar-refractivity contribution in [2.75, 3.05) is 5.32 Å². The molecule has 0 aliphatic heterocycles. The van der Waals surface area contributed by atoms with Gasteiger partial charge in [-0.05, 0) is 45.0 Å². The first-order valence-electron chi connectivity index (χ1n) is 9.75. The first-order chi connectivity index (χ1) is 14.8. The highest BCUT2D eigenvalue weighted by molar-refractivity contribution is 6.36. The fraction of sp³-hybridized carbons (Fsp3) is 0.174. The molecule has 4 aromatic rings. The molecular weight excluding hydrogens is 433 g/mol. The SMILES string of the molecule is Cc1nn(-c2ccccc2)c(C)c1C(=O)Nc1cc(C)n(Cc2c(Cl)cccc2Cl)n1. The predicted octanol–water partition coefficient (Wildman–Crippen LogP) is 5.60. The van der Waals surface area contributed by atoms with E-state index in [2.05, 4.69) is 15.5 Å². The van der Waals surface area contributed by atoms with Gasteiger partial charge in [-0.3, -0.25) is 9.48 Å². The van der Waals surface area contributed by atoms with Crippen molar-refractivity contribution in [3.63, 3.8) is 0 Å². The molecule has 4 rings (SSSR count). The van der Waals surface area contributed by atoms with Gasteiger partial charge in [-0.25, -0.2) is 4.68 Å². The normalized spacial score (nSPS) is 11.0. The number of rotatable bonds is 5. The quantitative estimate of drug-likeness (QED) is 0.427. The molecule has 0 bridgehead atoms. The molecular formula is C23H21Cl2N5O. The third-order valence-corrected chi connectivity index (χ3v) is 5.82. The lowest BCUT2D eigenvalue weighted by atomic mass is 10.2. The predicted molar refractivity (Wildman–Crippen MR) is 124 cm³/mol. The summed E-state index contributed by atoms with van der Waals surface area (Å²) in [6.07, 6.45) is 0. The molecule has 0 fully saturated rings. The summed E-state index contributed by atoms with van der Waals surface area (Å²) in [6, 6.07) is 16.9. The van der Waals surface area contributed by atoms with E-state index < -0.39 is 0 Å². The Kier molecular flexibility index (Phi) is 5.85. The number of carbonyl (C=O) groups excluding carboxylic acids is 1. The molecule has 0 spiro atoms. The molecule has 0 saturated carbocycles. The molecule has 31 heavy (non-hydrogen) atoms. The number of carbonyl (C=O) groups is 1. The molecule has 2 aromatic heterocycles. The van der Waals surface area contributed by atoms with E-state index in [1.807, 2.05) is 57.2 Å². The molecule has 2 heterocycles. The van der Waals surface area contributed by atoms with Crippen LogP contribution in [0.2, 0.25) is 10.0 Å². The van der Waals surface area contributed by atoms with Crippen LogP contribution < -0.4 is 5.32 Å². The van der Waals surface area contributed by atoms with Gasteiger partial charge in [0.25, 0.3) is 5.91 Å². The van der Waals surface area contributed by atoms with E-state index in [0.717, 1.165) is 22.6 Å². The maximum absolute atomic E-state index is 13.0. The second kappa shape index (κ2) is 8.57. The smallest absolute Gasteiger partial charge is 0.260 e. The number of hydrogen-bond donors (Lipinski definition) is 1. The third-order valence-electron chi connectivity index (χ3n) is 5.11. The van der Waals surface area contributed by atoms with E-state index in [9.17, 15) is 4.79 Å². The molecule has 158 valence electrons. The van der Waals surface area contributed by atoms with Crippen LogP contribution in [0.1, 0.15) is 33.0 Å². The first kappa shape index (κ1) is 21.2. The molecule has 8 heteroatoms. The van der Waals surface area contributed by atoms with Gasteiger partial charge >= 0.3 is 0 Å². The molecule has 0 saturated heterocycles. The van der Waals surface area contributed by atoms with Gasteiger partial charge in [0.15, 0.2) is 5.82 Å². The summed E-state index contributed by atoms with van der Waals surface area (Å²) < 4.78 is 3.53. The highest BCUT2D eigenvalue weighted by Crippen LogP contribution is 2.26. The molecule has 0 aliphatic rings. The molecule has 0 aliphatic carbocycles. The van der Waals surface area contributed by atoms with Crippen LogP contribution in [0.25, 0.3) is 5.69 Å². The van der Waals surface area contributed by atoms with E-state index in [-0.39, 0.29) is 5.91 Å². The van der Waals surface area contributed by atoms with Gasteiger partial charge in [-0.2, -0.15) is 10.2 Å². The van der Waals surface area contributed by atoms with Crippen LogP contribution in [0, 0.1) is 20.8 Å². The fourth-order valence-corrected chi connectivity index (χ4v) is 4.05. The van der Waals surface area contributed by atoms with Crippen LogP contribution in [0.5, 0.6) is 0 Å². The van der Waals surface area contributed by atoms with Crippen LogP contribution in [-0.4, -0.2) is 25.5 Å². The molecule has 2 aromatic carbocycles. The minimum Gasteiger partial charge on any atom is -0.305 e. The van der Waals surface area contributed by atoms with Crippen molar-refractivity contribution < 1.29 is 4.79 Å². The van der Waals surface area contributed by atoms with Crippen LogP contribution in [-0.2, 0) is 6.54 Å². The van der Waals surface area contributed by atoms with E-state index >= 15 is 0 Å². The van der Waals surface area contributed by atoms with E-state index in [0.29, 0.717) is 33.7 Å². The number of nitrogens with zero attached hydrogens (tertiary/aromatic N) is 4. The van der Waals surface area contributed by atoms with Gasteiger partial charge in [0, 0.05) is 27.4 Å². The van der Waals surface area contributed by atoms with Crippen molar-refractivity contribution in [3.8, 4) is 5.69 Å². The number of aromatic nitrogens is 4. The summed E-state index contributed by atoms with van der Waals surface area (Å²) in [5.41, 5.74) is 4.51. The number of nitrogens with one attached hydrogen (secondary N) is 1. The number of hydrogen-bond acceptors (Lipinski definition) is 3. The summed E-state index contributed by atoms with van der Waals surface area (Å²) >= 11 is 12.6. The number of benzene rings is 2. The molecule has 0 unspecified atom stereocenters. The fourth-order valence-electron chi connectivity index (χ4n) is 3.54. The second-order valence-electron chi connectivity index (χ2n) is 7.28. The molecule has 0 radical (unpaired) electrons. The van der Waals surface area contributed by atoms with Gasteiger partial charge in [0.05, 0.1) is 29.2 Å². The van der Waals surface area contributed by atoms with E-state index in [1.165, 1.54) is 0 Å². The van der Waals surface area contributed by atoms with Gasteiger partial charge in [-0.1, -0.05) is 47.5 Å². The Labute approximate surface area is 190 Å². The van der Waals surface area contributed by atoms with E-state index in [1.54, 1.807) is 27.6 Å². The van der Waals surface area contributed by atoms with Crippen molar-refractivity contribution in [2.24, 2.45) is 0 Å². The largest absolute Gasteiger partial charge is 0.305 e. The van der Waals surface area contributed by atoms with Gasteiger partial charge in [0.2, 0.25) is 0 Å². The zero-order valence-corrected chi connectivity index (χ0v) is 18.9. The lowest BCUT2D eigenvalue weighted by Crippen LogP contribution is -2.15. The summed E-state index contributed by atoms with van der Waals surface area (Å²) in [7, 11) is 0. The van der Waals surface area contributed by atoms with Gasteiger partial charge in [0.1, 0.15) is 0 Å². The van der Waals surface area contributed by atoms with Crippen LogP contribution in [0.4, 0.5) is 5.82 Å². The minimum absolute atomic E-state index is 0.252. The zero-order chi connectivity index (χ0) is 22.1. The first-order valence-corrected chi connectivity index (χ1v) is 10.5. The van der Waals surface area contributed by atoms with Gasteiger partial charge < -0.3 is 5.32 Å². The molecule has 6 nitrogen and oxygen atoms in total. The summed E-state index contributed by atoms with van der Waals surface area (Å²) in [5.74, 6) is 0.203. The number of aryl methyl sites for hydroxylation is 2. The Hall–Kier alpha value is -3.09. The summed E-state index contributed by atoms with van der Waals surface area (Å²) in [5, 5.41) is 13.1. The number of anilines is 1. The molecule has 1 amide bonds. The second-order valence-corrected chi connectivity index (χ2v) is 8.09. The lowest BCUT2D eigenvalue weighted by Gasteiger charge is -2.08. The Morgan fingerprint density at radius 1 is 0.968 bits per heavy atom. The van der Waals surface area contributed by atoms with Crippen molar-refractivity contribution >= 4 is 34.9 Å². The number of para-hydroxylation sites is 1. The van der Waals surface area contributed by atoms with Crippen molar-refractivity contribution in [1.82, 2.24) is 19.6 Å². The van der Waals surface area contributed by atoms with Crippen LogP contribution in [0.3, 0.4) is 0 Å². The highest BCUT2D eigenvalue weighted by atomic mass is 35.5. The Morgan fingerprint density at radius 2 is 1.65 bits per heavy atom. The number of halogens is 2. The maximum atomic E-state index is 13.0. The average Bonchev–Trinajstić information content (AvgIpc) is 3.23. The van der Waals surface area contributed by atoms with Crippen molar-refractivity contribution in [3.05, 3.63) is 92.9 Å². The van der Waals surface area contributed by atoms with Gasteiger partial charge in [-0.15, -0.1) is 0 Å².